The number of rotatable bonds is 8. The van der Waals surface area contributed by atoms with Gasteiger partial charge in [-0.05, 0) is 37.1 Å². The van der Waals surface area contributed by atoms with E-state index in [-0.39, 0.29) is 5.91 Å². The Labute approximate surface area is 143 Å². The number of amides is 1. The lowest BCUT2D eigenvalue weighted by atomic mass is 10.2. The number of methoxy groups -OCH3 is 1. The Morgan fingerprint density at radius 2 is 2.04 bits per heavy atom. The molecule has 2 N–H and O–H groups in total. The fourth-order valence-electron chi connectivity index (χ4n) is 2.39. The third-order valence-electron chi connectivity index (χ3n) is 3.70. The van der Waals surface area contributed by atoms with E-state index in [1.165, 1.54) is 0 Å². The molecule has 0 radical (unpaired) electrons. The quantitative estimate of drug-likeness (QED) is 0.718. The van der Waals surface area contributed by atoms with Crippen molar-refractivity contribution < 1.29 is 9.53 Å². The maximum absolute atomic E-state index is 12.2. The van der Waals surface area contributed by atoms with E-state index in [1.807, 2.05) is 25.1 Å². The van der Waals surface area contributed by atoms with Crippen molar-refractivity contribution in [2.75, 3.05) is 19.0 Å². The highest BCUT2D eigenvalue weighted by Crippen LogP contribution is 2.28. The maximum Gasteiger partial charge on any atom is 0.252 e. The van der Waals surface area contributed by atoms with Crippen LogP contribution < -0.4 is 15.4 Å². The topological polar surface area (TPSA) is 63.2 Å². The Hall–Kier alpha value is -2.56. The van der Waals surface area contributed by atoms with Crippen LogP contribution in [0.15, 0.2) is 36.7 Å². The average Bonchev–Trinajstić information content (AvgIpc) is 2.59. The van der Waals surface area contributed by atoms with Gasteiger partial charge < -0.3 is 15.4 Å². The molecule has 0 fully saturated rings. The van der Waals surface area contributed by atoms with Crippen molar-refractivity contribution in [3.63, 3.8) is 0 Å². The highest BCUT2D eigenvalue weighted by Gasteiger charge is 2.08. The zero-order valence-corrected chi connectivity index (χ0v) is 14.6. The van der Waals surface area contributed by atoms with Crippen molar-refractivity contribution in [3.05, 3.63) is 47.8 Å². The summed E-state index contributed by atoms with van der Waals surface area (Å²) < 4.78 is 5.36. The van der Waals surface area contributed by atoms with Gasteiger partial charge in [0.2, 0.25) is 0 Å². The van der Waals surface area contributed by atoms with Crippen LogP contribution in [0.2, 0.25) is 0 Å². The predicted molar refractivity (Wildman–Crippen MR) is 97.1 cm³/mol. The first-order chi connectivity index (χ1) is 11.6. The molecule has 1 heterocycles. The third-order valence-corrected chi connectivity index (χ3v) is 3.70. The van der Waals surface area contributed by atoms with Crippen LogP contribution in [-0.4, -0.2) is 24.5 Å². The van der Waals surface area contributed by atoms with Crippen LogP contribution >= 0.6 is 0 Å². The molecule has 1 aromatic carbocycles. The Kier molecular flexibility index (Phi) is 6.61. The second-order valence-corrected chi connectivity index (χ2v) is 5.75. The average molecular weight is 327 g/mol. The van der Waals surface area contributed by atoms with Gasteiger partial charge in [-0.25, -0.2) is 0 Å². The Morgan fingerprint density at radius 1 is 1.21 bits per heavy atom. The molecule has 0 bridgehead atoms. The smallest absolute Gasteiger partial charge is 0.252 e. The van der Waals surface area contributed by atoms with Crippen LogP contribution in [0.25, 0.3) is 0 Å². The van der Waals surface area contributed by atoms with Gasteiger partial charge in [-0.15, -0.1) is 0 Å². The number of nitrogens with zero attached hydrogens (tertiary/aromatic N) is 1. The van der Waals surface area contributed by atoms with Crippen molar-refractivity contribution in [1.29, 1.82) is 0 Å². The van der Waals surface area contributed by atoms with Crippen LogP contribution in [0, 0.1) is 6.92 Å². The standard InChI is InChI=1S/C19H25N3O2/c1-4-5-6-9-21-19(23)15-11-16(13-20-12-15)22-17-10-14(2)7-8-18(17)24-3/h7-8,10-13,22H,4-6,9H2,1-3H3,(H,21,23). The number of carbonyl (C=O) groups excluding carboxylic acids is 1. The molecule has 1 aromatic heterocycles. The van der Waals surface area contributed by atoms with Gasteiger partial charge in [0.25, 0.3) is 5.91 Å². The zero-order chi connectivity index (χ0) is 17.4. The zero-order valence-electron chi connectivity index (χ0n) is 14.6. The number of nitrogens with one attached hydrogen (secondary N) is 2. The second-order valence-electron chi connectivity index (χ2n) is 5.75. The molecule has 0 saturated heterocycles. The van der Waals surface area contributed by atoms with Crippen molar-refractivity contribution >= 4 is 17.3 Å². The van der Waals surface area contributed by atoms with Crippen LogP contribution in [0.3, 0.4) is 0 Å². The van der Waals surface area contributed by atoms with Crippen LogP contribution in [0.5, 0.6) is 5.75 Å². The lowest BCUT2D eigenvalue weighted by molar-refractivity contribution is 0.0952. The molecule has 0 aliphatic carbocycles. The van der Waals surface area contributed by atoms with Crippen molar-refractivity contribution in [1.82, 2.24) is 10.3 Å². The molecule has 0 saturated carbocycles. The van der Waals surface area contributed by atoms with Gasteiger partial charge in [0.1, 0.15) is 5.75 Å². The van der Waals surface area contributed by atoms with Gasteiger partial charge in [0.05, 0.1) is 30.2 Å². The first-order valence-corrected chi connectivity index (χ1v) is 8.29. The third kappa shape index (κ3) is 4.98. The summed E-state index contributed by atoms with van der Waals surface area (Å²) in [5.41, 5.74) is 3.26. The van der Waals surface area contributed by atoms with E-state index in [1.54, 1.807) is 25.6 Å². The molecule has 5 heteroatoms. The second kappa shape index (κ2) is 8.91. The SMILES string of the molecule is CCCCCNC(=O)c1cncc(Nc2cc(C)ccc2OC)c1. The summed E-state index contributed by atoms with van der Waals surface area (Å²) in [5.74, 6) is 0.647. The minimum Gasteiger partial charge on any atom is -0.495 e. The number of hydrogen-bond acceptors (Lipinski definition) is 4. The van der Waals surface area contributed by atoms with Gasteiger partial charge in [0.15, 0.2) is 0 Å². The Bertz CT molecular complexity index is 686. The van der Waals surface area contributed by atoms with E-state index in [2.05, 4.69) is 22.5 Å². The molecule has 0 atom stereocenters. The fraction of sp³-hybridized carbons (Fsp3) is 0.368. The molecule has 24 heavy (non-hydrogen) atoms. The summed E-state index contributed by atoms with van der Waals surface area (Å²) in [6, 6.07) is 7.69. The van der Waals surface area contributed by atoms with E-state index in [0.29, 0.717) is 12.1 Å². The number of hydrogen-bond donors (Lipinski definition) is 2. The van der Waals surface area contributed by atoms with E-state index in [4.69, 9.17) is 4.74 Å². The number of aryl methyl sites for hydroxylation is 1. The lowest BCUT2D eigenvalue weighted by Gasteiger charge is -2.12. The number of benzene rings is 1. The molecule has 5 nitrogen and oxygen atoms in total. The molecule has 0 aliphatic rings. The molecule has 2 rings (SSSR count). The van der Waals surface area contributed by atoms with Gasteiger partial charge in [-0.1, -0.05) is 25.8 Å². The summed E-state index contributed by atoms with van der Waals surface area (Å²) in [6.45, 7) is 4.85. The number of carbonyl (C=O) groups is 1. The molecular weight excluding hydrogens is 302 g/mol. The minimum atomic E-state index is -0.0986. The lowest BCUT2D eigenvalue weighted by Crippen LogP contribution is -2.24. The van der Waals surface area contributed by atoms with Crippen molar-refractivity contribution in [3.8, 4) is 5.75 Å². The summed E-state index contributed by atoms with van der Waals surface area (Å²) in [6.07, 6.45) is 6.51. The predicted octanol–water partition coefficient (Wildman–Crippen LogP) is 4.06. The van der Waals surface area contributed by atoms with E-state index in [0.717, 1.165) is 42.0 Å². The molecule has 0 spiro atoms. The monoisotopic (exact) mass is 327 g/mol. The highest BCUT2D eigenvalue weighted by atomic mass is 16.5. The molecule has 0 unspecified atom stereocenters. The number of ether oxygens (including phenoxy) is 1. The number of unbranched alkanes of at least 4 members (excludes halogenated alkanes) is 2. The fourth-order valence-corrected chi connectivity index (χ4v) is 2.39. The van der Waals surface area contributed by atoms with E-state index < -0.39 is 0 Å². The van der Waals surface area contributed by atoms with Crippen molar-refractivity contribution in [2.24, 2.45) is 0 Å². The molecule has 1 amide bonds. The summed E-state index contributed by atoms with van der Waals surface area (Å²) in [7, 11) is 1.63. The van der Waals surface area contributed by atoms with Crippen LogP contribution in [0.1, 0.15) is 42.1 Å². The number of aromatic nitrogens is 1. The Morgan fingerprint density at radius 3 is 2.79 bits per heavy atom. The maximum atomic E-state index is 12.2. The molecular formula is C19H25N3O2. The van der Waals surface area contributed by atoms with Crippen molar-refractivity contribution in [2.45, 2.75) is 33.1 Å². The van der Waals surface area contributed by atoms with Crippen LogP contribution in [0.4, 0.5) is 11.4 Å². The van der Waals surface area contributed by atoms with Gasteiger partial charge in [0, 0.05) is 12.7 Å². The summed E-state index contributed by atoms with van der Waals surface area (Å²) in [4.78, 5) is 16.3. The summed E-state index contributed by atoms with van der Waals surface area (Å²) in [5, 5.41) is 6.19. The highest BCUT2D eigenvalue weighted by molar-refractivity contribution is 5.94. The summed E-state index contributed by atoms with van der Waals surface area (Å²) >= 11 is 0. The minimum absolute atomic E-state index is 0.0986. The van der Waals surface area contributed by atoms with Gasteiger partial charge >= 0.3 is 0 Å². The van der Waals surface area contributed by atoms with E-state index in [9.17, 15) is 4.79 Å². The van der Waals surface area contributed by atoms with Gasteiger partial charge in [-0.2, -0.15) is 0 Å². The number of pyridine rings is 1. The van der Waals surface area contributed by atoms with Gasteiger partial charge in [-0.3, -0.25) is 9.78 Å². The Balaban J connectivity index is 2.07. The first-order valence-electron chi connectivity index (χ1n) is 8.29. The molecule has 128 valence electrons. The normalized spacial score (nSPS) is 10.3. The molecule has 2 aromatic rings. The largest absolute Gasteiger partial charge is 0.495 e. The first kappa shape index (κ1) is 17.8. The van der Waals surface area contributed by atoms with E-state index >= 15 is 0 Å². The van der Waals surface area contributed by atoms with Crippen LogP contribution in [-0.2, 0) is 0 Å². The molecule has 0 aliphatic heterocycles. The number of anilines is 2.